The molecule has 0 spiro atoms. The van der Waals surface area contributed by atoms with Gasteiger partial charge in [0.25, 0.3) is 0 Å². The molecule has 2 nitrogen and oxygen atoms in total. The average Bonchev–Trinajstić information content (AvgIpc) is 2.44. The maximum Gasteiger partial charge on any atom is 0.223 e. The lowest BCUT2D eigenvalue weighted by Crippen LogP contribution is -2.48. The van der Waals surface area contributed by atoms with E-state index in [2.05, 4.69) is 12.1 Å². The predicted molar refractivity (Wildman–Crippen MR) is 78.6 cm³/mol. The summed E-state index contributed by atoms with van der Waals surface area (Å²) >= 11 is 5.91. The third kappa shape index (κ3) is 2.40. The summed E-state index contributed by atoms with van der Waals surface area (Å²) in [7, 11) is 0. The number of hydrogen-bond donors (Lipinski definition) is 1. The minimum absolute atomic E-state index is 0.752. The Morgan fingerprint density at radius 2 is 1.68 bits per heavy atom. The molecule has 0 saturated carbocycles. The zero-order valence-corrected chi connectivity index (χ0v) is 11.1. The highest BCUT2D eigenvalue weighted by atomic mass is 35.5. The SMILES string of the molecule is N[n+]1ccc2ccccc2c1Cc1ccc(Cl)cc1. The van der Waals surface area contributed by atoms with Crippen LogP contribution in [0.15, 0.2) is 60.8 Å². The summed E-state index contributed by atoms with van der Waals surface area (Å²) in [6.45, 7) is 0. The number of rotatable bonds is 2. The summed E-state index contributed by atoms with van der Waals surface area (Å²) in [4.78, 5) is 0. The number of hydrogen-bond acceptors (Lipinski definition) is 1. The molecular formula is C16H14ClN2+. The second-order valence-electron chi connectivity index (χ2n) is 4.56. The maximum atomic E-state index is 6.05. The molecule has 0 radical (unpaired) electrons. The first-order valence-electron chi connectivity index (χ1n) is 6.16. The van der Waals surface area contributed by atoms with Gasteiger partial charge in [-0.15, -0.1) is 0 Å². The molecule has 3 aromatic rings. The van der Waals surface area contributed by atoms with Crippen LogP contribution in [0, 0.1) is 0 Å². The molecule has 0 atom stereocenters. The molecule has 0 bridgehead atoms. The largest absolute Gasteiger partial charge is 0.223 e. The van der Waals surface area contributed by atoms with Crippen molar-refractivity contribution >= 4 is 22.4 Å². The van der Waals surface area contributed by atoms with Gasteiger partial charge < -0.3 is 0 Å². The standard InChI is InChI=1S/C16H14ClN2/c17-14-7-5-12(6-8-14)11-16-15-4-2-1-3-13(15)9-10-19(16)18/h1-10H,11,18H2/q+1. The van der Waals surface area contributed by atoms with Gasteiger partial charge >= 0.3 is 0 Å². The fourth-order valence-corrected chi connectivity index (χ4v) is 2.40. The van der Waals surface area contributed by atoms with E-state index < -0.39 is 0 Å². The lowest BCUT2D eigenvalue weighted by Gasteiger charge is -2.04. The van der Waals surface area contributed by atoms with Crippen molar-refractivity contribution in [2.75, 3.05) is 5.84 Å². The van der Waals surface area contributed by atoms with E-state index in [1.54, 1.807) is 4.68 Å². The molecule has 3 heteroatoms. The van der Waals surface area contributed by atoms with Gasteiger partial charge in [-0.25, -0.2) is 5.84 Å². The summed E-state index contributed by atoms with van der Waals surface area (Å²) in [5.74, 6) is 6.05. The highest BCUT2D eigenvalue weighted by Gasteiger charge is 2.13. The number of aromatic nitrogens is 1. The van der Waals surface area contributed by atoms with Crippen molar-refractivity contribution in [2.24, 2.45) is 0 Å². The molecule has 0 aliphatic carbocycles. The normalized spacial score (nSPS) is 10.8. The monoisotopic (exact) mass is 269 g/mol. The maximum absolute atomic E-state index is 6.05. The lowest BCUT2D eigenvalue weighted by molar-refractivity contribution is -0.645. The lowest BCUT2D eigenvalue weighted by atomic mass is 10.0. The van der Waals surface area contributed by atoms with Gasteiger partial charge in [0.15, 0.2) is 6.20 Å². The van der Waals surface area contributed by atoms with Crippen molar-refractivity contribution in [3.05, 3.63) is 77.1 Å². The van der Waals surface area contributed by atoms with Gasteiger partial charge in [0.05, 0.1) is 11.8 Å². The number of nitrogens with zero attached hydrogens (tertiary/aromatic N) is 1. The molecule has 1 heterocycles. The van der Waals surface area contributed by atoms with Crippen LogP contribution in [0.25, 0.3) is 10.8 Å². The Morgan fingerprint density at radius 1 is 0.947 bits per heavy atom. The van der Waals surface area contributed by atoms with Crippen LogP contribution in [-0.2, 0) is 6.42 Å². The molecule has 19 heavy (non-hydrogen) atoms. The van der Waals surface area contributed by atoms with Crippen molar-refractivity contribution in [3.63, 3.8) is 0 Å². The van der Waals surface area contributed by atoms with Crippen LogP contribution in [0.4, 0.5) is 0 Å². The van der Waals surface area contributed by atoms with E-state index in [0.29, 0.717) is 0 Å². The van der Waals surface area contributed by atoms with Crippen LogP contribution in [0.5, 0.6) is 0 Å². The van der Waals surface area contributed by atoms with E-state index in [4.69, 9.17) is 17.4 Å². The fraction of sp³-hybridized carbons (Fsp3) is 0.0625. The first kappa shape index (κ1) is 12.0. The molecule has 0 amide bonds. The molecule has 0 saturated heterocycles. The molecule has 94 valence electrons. The molecule has 0 aliphatic rings. The third-order valence-corrected chi connectivity index (χ3v) is 3.53. The van der Waals surface area contributed by atoms with E-state index in [9.17, 15) is 0 Å². The first-order chi connectivity index (χ1) is 9.24. The fourth-order valence-electron chi connectivity index (χ4n) is 2.28. The van der Waals surface area contributed by atoms with Gasteiger partial charge in [-0.2, -0.15) is 0 Å². The Morgan fingerprint density at radius 3 is 2.47 bits per heavy atom. The second-order valence-corrected chi connectivity index (χ2v) is 5.00. The van der Waals surface area contributed by atoms with Crippen molar-refractivity contribution in [3.8, 4) is 0 Å². The topological polar surface area (TPSA) is 29.9 Å². The molecule has 3 rings (SSSR count). The highest BCUT2D eigenvalue weighted by Crippen LogP contribution is 2.18. The Balaban J connectivity index is 2.09. The van der Waals surface area contributed by atoms with Gasteiger partial charge in [0, 0.05) is 11.1 Å². The Kier molecular flexibility index (Phi) is 3.10. The molecular weight excluding hydrogens is 256 g/mol. The van der Waals surface area contributed by atoms with Gasteiger partial charge in [-0.1, -0.05) is 46.6 Å². The van der Waals surface area contributed by atoms with E-state index in [1.165, 1.54) is 16.3 Å². The summed E-state index contributed by atoms with van der Waals surface area (Å²) in [6, 6.07) is 18.2. The van der Waals surface area contributed by atoms with Crippen molar-refractivity contribution in [1.29, 1.82) is 0 Å². The number of nitrogens with two attached hydrogens (primary N) is 1. The van der Waals surface area contributed by atoms with Crippen LogP contribution >= 0.6 is 11.6 Å². The van der Waals surface area contributed by atoms with Gasteiger partial charge in [-0.3, -0.25) is 0 Å². The van der Waals surface area contributed by atoms with Crippen molar-refractivity contribution in [1.82, 2.24) is 0 Å². The number of fused-ring (bicyclic) bond motifs is 1. The summed E-state index contributed by atoms with van der Waals surface area (Å²) in [5.41, 5.74) is 2.29. The van der Waals surface area contributed by atoms with Gasteiger partial charge in [0.2, 0.25) is 5.69 Å². The molecule has 1 aromatic heterocycles. The van der Waals surface area contributed by atoms with Crippen molar-refractivity contribution < 1.29 is 4.68 Å². The first-order valence-corrected chi connectivity index (χ1v) is 6.53. The van der Waals surface area contributed by atoms with Crippen molar-refractivity contribution in [2.45, 2.75) is 6.42 Å². The molecule has 2 aromatic carbocycles. The van der Waals surface area contributed by atoms with E-state index >= 15 is 0 Å². The molecule has 2 N–H and O–H groups in total. The summed E-state index contributed by atoms with van der Waals surface area (Å²) in [5, 5.41) is 3.14. The molecule has 0 unspecified atom stereocenters. The minimum Gasteiger partial charge on any atom is -0.205 e. The number of halogens is 1. The molecule has 0 fully saturated rings. The van der Waals surface area contributed by atoms with Crippen LogP contribution in [0.1, 0.15) is 11.3 Å². The smallest absolute Gasteiger partial charge is 0.205 e. The van der Waals surface area contributed by atoms with E-state index in [0.717, 1.165) is 17.1 Å². The highest BCUT2D eigenvalue weighted by molar-refractivity contribution is 6.30. The Labute approximate surface area is 117 Å². The van der Waals surface area contributed by atoms with Crippen LogP contribution in [0.2, 0.25) is 5.02 Å². The summed E-state index contributed by atoms with van der Waals surface area (Å²) < 4.78 is 1.69. The van der Waals surface area contributed by atoms with Crippen LogP contribution in [0.3, 0.4) is 0 Å². The minimum atomic E-state index is 0.752. The third-order valence-electron chi connectivity index (χ3n) is 3.28. The molecule has 0 aliphatic heterocycles. The number of nitrogen functional groups attached to an aromatic ring is 1. The second kappa shape index (κ2) is 4.90. The van der Waals surface area contributed by atoms with Gasteiger partial charge in [0.1, 0.15) is 0 Å². The van der Waals surface area contributed by atoms with Crippen LogP contribution < -0.4 is 10.5 Å². The van der Waals surface area contributed by atoms with Crippen LogP contribution in [-0.4, -0.2) is 0 Å². The van der Waals surface area contributed by atoms with E-state index in [1.807, 2.05) is 48.7 Å². The zero-order valence-electron chi connectivity index (χ0n) is 10.4. The quantitative estimate of drug-likeness (QED) is 0.562. The Hall–Kier alpha value is -2.06. The summed E-state index contributed by atoms with van der Waals surface area (Å²) in [6.07, 6.45) is 2.68. The predicted octanol–water partition coefficient (Wildman–Crippen LogP) is 3.09. The number of pyridine rings is 1. The van der Waals surface area contributed by atoms with Gasteiger partial charge in [-0.05, 0) is 29.1 Å². The van der Waals surface area contributed by atoms with E-state index in [-0.39, 0.29) is 0 Å². The number of benzene rings is 2. The Bertz CT molecular complexity index is 720. The zero-order chi connectivity index (χ0) is 13.2. The average molecular weight is 270 g/mol.